The highest BCUT2D eigenvalue weighted by Gasteiger charge is 2.50. The summed E-state index contributed by atoms with van der Waals surface area (Å²) in [4.78, 5) is 10.8. The fourth-order valence-corrected chi connectivity index (χ4v) is 3.40. The second-order valence-electron chi connectivity index (χ2n) is 4.77. The van der Waals surface area contributed by atoms with Crippen molar-refractivity contribution < 1.29 is 18.1 Å². The van der Waals surface area contributed by atoms with Crippen LogP contribution in [0.2, 0.25) is 0 Å². The maximum atomic E-state index is 10.8. The Bertz CT molecular complexity index is 618. The molecule has 5 heteroatoms. The molecule has 0 fully saturated rings. The molecule has 3 aromatic rings. The van der Waals surface area contributed by atoms with Gasteiger partial charge in [0.05, 0.1) is 0 Å². The molecular weight excluding hydrogens is 308 g/mol. The van der Waals surface area contributed by atoms with E-state index >= 15 is 0 Å². The summed E-state index contributed by atoms with van der Waals surface area (Å²) >= 11 is 0. The molecule has 0 unspecified atom stereocenters. The normalized spacial score (nSPS) is 10.8. The molecule has 4 nitrogen and oxygen atoms in total. The minimum Gasteiger partial charge on any atom is -0.462 e. The summed E-state index contributed by atoms with van der Waals surface area (Å²) in [5.74, 6) is 1.44. The van der Waals surface area contributed by atoms with Gasteiger partial charge in [0.2, 0.25) is 0 Å². The second-order valence-corrected chi connectivity index (χ2v) is 6.43. The van der Waals surface area contributed by atoms with Crippen molar-refractivity contribution in [3.63, 3.8) is 0 Å². The van der Waals surface area contributed by atoms with Gasteiger partial charge in [0.1, 0.15) is 17.2 Å². The van der Waals surface area contributed by atoms with Crippen molar-refractivity contribution in [3.8, 4) is 17.2 Å². The lowest BCUT2D eigenvalue weighted by molar-refractivity contribution is 0.150. The molecule has 0 radical (unpaired) electrons. The molecule has 0 aliphatic carbocycles. The largest absolute Gasteiger partial charge is 0.890 e. The fourth-order valence-electron chi connectivity index (χ4n) is 1.97. The van der Waals surface area contributed by atoms with E-state index in [1.54, 1.807) is 36.4 Å². The van der Waals surface area contributed by atoms with Gasteiger partial charge in [-0.1, -0.05) is 54.6 Å². The molecule has 3 aromatic carbocycles. The first-order valence-corrected chi connectivity index (χ1v) is 8.85. The van der Waals surface area contributed by atoms with Gasteiger partial charge in [-0.15, -0.1) is 0 Å². The average Bonchev–Trinajstić information content (AvgIpc) is 2.57. The van der Waals surface area contributed by atoms with Crippen LogP contribution in [0.3, 0.4) is 0 Å². The van der Waals surface area contributed by atoms with E-state index in [-0.39, 0.29) is 0 Å². The smallest absolute Gasteiger partial charge is 0.462 e. The summed E-state index contributed by atoms with van der Waals surface area (Å²) in [6, 6.07) is 26.9. The Labute approximate surface area is 136 Å². The number of hydrogen-bond acceptors (Lipinski definition) is 4. The first kappa shape index (κ1) is 15.1. The topological polar surface area (TPSA) is 47.9 Å². The minimum absolute atomic E-state index is 0.480. The third-order valence-electron chi connectivity index (χ3n) is 2.97. The van der Waals surface area contributed by atoms with Gasteiger partial charge >= 0.3 is 9.05 Å². The zero-order valence-corrected chi connectivity index (χ0v) is 13.3. The third kappa shape index (κ3) is 4.35. The summed E-state index contributed by atoms with van der Waals surface area (Å²) < 4.78 is 17.0. The maximum absolute atomic E-state index is 10.8. The Morgan fingerprint density at radius 1 is 0.478 bits per heavy atom. The Balaban J connectivity index is 1.85. The first-order chi connectivity index (χ1) is 11.2. The van der Waals surface area contributed by atoms with E-state index in [0.717, 1.165) is 0 Å². The molecule has 0 heterocycles. The van der Waals surface area contributed by atoms with Crippen molar-refractivity contribution in [2.75, 3.05) is 0 Å². The van der Waals surface area contributed by atoms with Crippen LogP contribution in [0.5, 0.6) is 17.2 Å². The van der Waals surface area contributed by atoms with Crippen LogP contribution >= 0.6 is 0 Å². The van der Waals surface area contributed by atoms with Gasteiger partial charge in [-0.05, 0) is 36.4 Å². The third-order valence-corrected chi connectivity index (χ3v) is 4.45. The van der Waals surface area contributed by atoms with Crippen LogP contribution in [0, 0.1) is 0 Å². The number of hydrogen-bond donors (Lipinski definition) is 1. The van der Waals surface area contributed by atoms with Gasteiger partial charge < -0.3 is 18.1 Å². The summed E-state index contributed by atoms with van der Waals surface area (Å²) in [7, 11) is -3.97. The lowest BCUT2D eigenvalue weighted by Crippen LogP contribution is -2.55. The monoisotopic (exact) mass is 324 g/mol. The molecule has 0 atom stereocenters. The van der Waals surface area contributed by atoms with Gasteiger partial charge in [-0.3, -0.25) is 0 Å². The molecular formula is C18H16O4Si. The summed E-state index contributed by atoms with van der Waals surface area (Å²) in [5.41, 5.74) is 0. The molecule has 0 saturated carbocycles. The number of rotatable bonds is 6. The van der Waals surface area contributed by atoms with Crippen molar-refractivity contribution in [1.82, 2.24) is 0 Å². The maximum Gasteiger partial charge on any atom is 0.890 e. The van der Waals surface area contributed by atoms with Gasteiger partial charge in [0, 0.05) is 0 Å². The van der Waals surface area contributed by atoms with Crippen molar-refractivity contribution >= 4 is 9.05 Å². The van der Waals surface area contributed by atoms with E-state index in [2.05, 4.69) is 0 Å². The highest BCUT2D eigenvalue weighted by molar-refractivity contribution is 6.54. The molecule has 0 aliphatic rings. The van der Waals surface area contributed by atoms with Crippen LogP contribution in [0.25, 0.3) is 0 Å². The van der Waals surface area contributed by atoms with Crippen LogP contribution in [0.1, 0.15) is 0 Å². The predicted octanol–water partition coefficient (Wildman–Crippen LogP) is 3.65. The van der Waals surface area contributed by atoms with Crippen molar-refractivity contribution in [1.29, 1.82) is 0 Å². The average molecular weight is 324 g/mol. The zero-order chi connectivity index (χ0) is 16.0. The van der Waals surface area contributed by atoms with Crippen LogP contribution in [0.4, 0.5) is 0 Å². The van der Waals surface area contributed by atoms with Crippen molar-refractivity contribution in [2.45, 2.75) is 0 Å². The zero-order valence-electron chi connectivity index (χ0n) is 12.3. The first-order valence-electron chi connectivity index (χ1n) is 7.18. The highest BCUT2D eigenvalue weighted by atomic mass is 28.4. The van der Waals surface area contributed by atoms with Gasteiger partial charge in [0.15, 0.2) is 0 Å². The molecule has 0 saturated heterocycles. The van der Waals surface area contributed by atoms with Crippen LogP contribution in [-0.2, 0) is 0 Å². The summed E-state index contributed by atoms with van der Waals surface area (Å²) in [5, 5.41) is 0. The Kier molecular flexibility index (Phi) is 4.61. The van der Waals surface area contributed by atoms with E-state index in [1.165, 1.54) is 0 Å². The van der Waals surface area contributed by atoms with Gasteiger partial charge in [-0.25, -0.2) is 0 Å². The van der Waals surface area contributed by atoms with Crippen LogP contribution in [-0.4, -0.2) is 13.8 Å². The lowest BCUT2D eigenvalue weighted by Gasteiger charge is -2.24. The second kappa shape index (κ2) is 7.00. The Morgan fingerprint density at radius 3 is 1.00 bits per heavy atom. The summed E-state index contributed by atoms with van der Waals surface area (Å²) in [6.45, 7) is 0. The van der Waals surface area contributed by atoms with E-state index in [1.807, 2.05) is 54.6 Å². The molecule has 1 N–H and O–H groups in total. The SMILES string of the molecule is O[Si](Oc1ccccc1)(Oc1ccccc1)Oc1ccccc1. The molecule has 116 valence electrons. The van der Waals surface area contributed by atoms with Crippen LogP contribution in [0.15, 0.2) is 91.0 Å². The lowest BCUT2D eigenvalue weighted by atomic mass is 10.3. The van der Waals surface area contributed by atoms with Crippen molar-refractivity contribution in [2.24, 2.45) is 0 Å². The molecule has 23 heavy (non-hydrogen) atoms. The van der Waals surface area contributed by atoms with Crippen molar-refractivity contribution in [3.05, 3.63) is 91.0 Å². The van der Waals surface area contributed by atoms with Gasteiger partial charge in [-0.2, -0.15) is 0 Å². The highest BCUT2D eigenvalue weighted by Crippen LogP contribution is 2.22. The quantitative estimate of drug-likeness (QED) is 0.703. The Morgan fingerprint density at radius 2 is 0.739 bits per heavy atom. The van der Waals surface area contributed by atoms with Gasteiger partial charge in [0.25, 0.3) is 0 Å². The van der Waals surface area contributed by atoms with E-state index in [0.29, 0.717) is 17.2 Å². The minimum atomic E-state index is -3.97. The molecule has 0 aliphatic heterocycles. The fraction of sp³-hybridized carbons (Fsp3) is 0. The Hall–Kier alpha value is -2.76. The molecule has 0 spiro atoms. The number of benzene rings is 3. The molecule has 0 amide bonds. The molecule has 3 rings (SSSR count). The van der Waals surface area contributed by atoms with Crippen LogP contribution < -0.4 is 13.3 Å². The van der Waals surface area contributed by atoms with E-state index in [9.17, 15) is 4.80 Å². The van der Waals surface area contributed by atoms with E-state index in [4.69, 9.17) is 13.3 Å². The molecule has 0 aromatic heterocycles. The molecule has 0 bridgehead atoms. The van der Waals surface area contributed by atoms with E-state index < -0.39 is 9.05 Å². The predicted molar refractivity (Wildman–Crippen MR) is 89.2 cm³/mol. The standard InChI is InChI=1S/C18H16O4Si/c19-23(20-16-10-4-1-5-11-16,21-17-12-6-2-7-13-17)22-18-14-8-3-9-15-18/h1-15,19H. The number of para-hydroxylation sites is 3. The summed E-state index contributed by atoms with van der Waals surface area (Å²) in [6.07, 6.45) is 0.